The lowest BCUT2D eigenvalue weighted by Crippen LogP contribution is -2.58. The first kappa shape index (κ1) is 21.0. The molecule has 6 atom stereocenters. The summed E-state index contributed by atoms with van der Waals surface area (Å²) in [6.07, 6.45) is 12.4. The van der Waals surface area contributed by atoms with Crippen LogP contribution >= 0.6 is 0 Å². The fourth-order valence-electron chi connectivity index (χ4n) is 7.75. The van der Waals surface area contributed by atoms with Crippen molar-refractivity contribution < 1.29 is 9.53 Å². The molecule has 2 aromatic rings. The van der Waals surface area contributed by atoms with E-state index >= 15 is 0 Å². The third-order valence-electron chi connectivity index (χ3n) is 9.47. The number of benzene rings is 1. The van der Waals surface area contributed by atoms with Gasteiger partial charge in [-0.05, 0) is 80.8 Å². The molecule has 1 aromatic heterocycles. The highest BCUT2D eigenvalue weighted by molar-refractivity contribution is 5.66. The lowest BCUT2D eigenvalue weighted by Gasteiger charge is -2.60. The standard InChI is InChI=1S/C28H35N3O2/c1-18(32)33-22-11-13-27(2)20(16-22)9-10-23-24(27)12-14-28(3)25(23)15-19-17-29-31(26(19)30-28)21-7-5-4-6-8-21/h4-9,17,22-25,30H,10-16H2,1-3H3/t22-,23+,24?,25?,27-,28-/m0/s1. The predicted octanol–water partition coefficient (Wildman–Crippen LogP) is 5.69. The summed E-state index contributed by atoms with van der Waals surface area (Å²) in [6, 6.07) is 10.5. The number of aromatic nitrogens is 2. The minimum Gasteiger partial charge on any atom is -0.462 e. The monoisotopic (exact) mass is 445 g/mol. The van der Waals surface area contributed by atoms with Gasteiger partial charge in [0.25, 0.3) is 0 Å². The van der Waals surface area contributed by atoms with Crippen LogP contribution in [0.15, 0.2) is 48.2 Å². The van der Waals surface area contributed by atoms with E-state index in [2.05, 4.69) is 66.5 Å². The Bertz CT molecular complexity index is 1110. The van der Waals surface area contributed by atoms with E-state index in [1.807, 2.05) is 0 Å². The summed E-state index contributed by atoms with van der Waals surface area (Å²) in [5.74, 6) is 3.04. The first-order chi connectivity index (χ1) is 15.9. The van der Waals surface area contributed by atoms with Gasteiger partial charge in [0.15, 0.2) is 0 Å². The van der Waals surface area contributed by atoms with Gasteiger partial charge in [-0.15, -0.1) is 0 Å². The van der Waals surface area contributed by atoms with E-state index in [1.54, 1.807) is 5.57 Å². The molecule has 5 heteroatoms. The first-order valence-corrected chi connectivity index (χ1v) is 12.6. The minimum atomic E-state index is -0.147. The molecule has 3 aliphatic carbocycles. The fraction of sp³-hybridized carbons (Fsp3) is 0.571. The lowest BCUT2D eigenvalue weighted by atomic mass is 9.48. The van der Waals surface area contributed by atoms with Gasteiger partial charge in [0.2, 0.25) is 0 Å². The summed E-state index contributed by atoms with van der Waals surface area (Å²) in [7, 11) is 0. The van der Waals surface area contributed by atoms with Gasteiger partial charge in [0.05, 0.1) is 11.9 Å². The van der Waals surface area contributed by atoms with E-state index in [1.165, 1.54) is 31.1 Å². The van der Waals surface area contributed by atoms with Crippen molar-refractivity contribution in [1.82, 2.24) is 9.78 Å². The molecule has 2 unspecified atom stereocenters. The summed E-state index contributed by atoms with van der Waals surface area (Å²) < 4.78 is 7.68. The zero-order valence-corrected chi connectivity index (χ0v) is 20.0. The van der Waals surface area contributed by atoms with Crippen LogP contribution in [0.2, 0.25) is 0 Å². The molecule has 5 nitrogen and oxygen atoms in total. The minimum absolute atomic E-state index is 0.0648. The Morgan fingerprint density at radius 1 is 1.12 bits per heavy atom. The Morgan fingerprint density at radius 3 is 2.73 bits per heavy atom. The van der Waals surface area contributed by atoms with Crippen LogP contribution in [0.1, 0.15) is 64.9 Å². The summed E-state index contributed by atoms with van der Waals surface area (Å²) in [4.78, 5) is 11.5. The number of carbonyl (C=O) groups excluding carboxylic acids is 1. The predicted molar refractivity (Wildman–Crippen MR) is 129 cm³/mol. The molecule has 1 N–H and O–H groups in total. The van der Waals surface area contributed by atoms with Gasteiger partial charge < -0.3 is 10.1 Å². The molecular weight excluding hydrogens is 410 g/mol. The van der Waals surface area contributed by atoms with E-state index in [0.717, 1.165) is 37.8 Å². The molecule has 2 fully saturated rings. The number of rotatable bonds is 2. The largest absolute Gasteiger partial charge is 0.462 e. The van der Waals surface area contributed by atoms with Crippen LogP contribution in [0.25, 0.3) is 5.69 Å². The molecule has 0 saturated heterocycles. The molecule has 4 aliphatic rings. The fourth-order valence-corrected chi connectivity index (χ4v) is 7.75. The second-order valence-electron chi connectivity index (χ2n) is 11.3. The molecular formula is C28H35N3O2. The van der Waals surface area contributed by atoms with E-state index in [4.69, 9.17) is 9.84 Å². The maximum Gasteiger partial charge on any atom is 0.302 e. The number of allylic oxidation sites excluding steroid dienone is 1. The summed E-state index contributed by atoms with van der Waals surface area (Å²) in [5.41, 5.74) is 4.35. The first-order valence-electron chi connectivity index (χ1n) is 12.6. The van der Waals surface area contributed by atoms with Crippen LogP contribution in [-0.2, 0) is 16.0 Å². The highest BCUT2D eigenvalue weighted by Gasteiger charge is 2.56. The normalized spacial score (nSPS) is 36.9. The number of esters is 1. The highest BCUT2D eigenvalue weighted by Crippen LogP contribution is 2.61. The second-order valence-corrected chi connectivity index (χ2v) is 11.3. The topological polar surface area (TPSA) is 56.1 Å². The van der Waals surface area contributed by atoms with Crippen molar-refractivity contribution in [3.05, 3.63) is 53.7 Å². The van der Waals surface area contributed by atoms with Gasteiger partial charge in [-0.1, -0.05) is 36.8 Å². The number of hydrogen-bond donors (Lipinski definition) is 1. The van der Waals surface area contributed by atoms with Gasteiger partial charge in [0.1, 0.15) is 11.9 Å². The number of nitrogens with one attached hydrogen (secondary N) is 1. The van der Waals surface area contributed by atoms with Crippen LogP contribution < -0.4 is 5.32 Å². The third kappa shape index (κ3) is 3.26. The molecule has 0 bridgehead atoms. The van der Waals surface area contributed by atoms with Crippen LogP contribution in [0.3, 0.4) is 0 Å². The molecule has 2 heterocycles. The summed E-state index contributed by atoms with van der Waals surface area (Å²) >= 11 is 0. The Morgan fingerprint density at radius 2 is 1.94 bits per heavy atom. The van der Waals surface area contributed by atoms with Gasteiger partial charge in [0, 0.05) is 24.4 Å². The Labute approximate surface area is 196 Å². The van der Waals surface area contributed by atoms with E-state index in [0.29, 0.717) is 17.8 Å². The van der Waals surface area contributed by atoms with Gasteiger partial charge in [-0.2, -0.15) is 5.10 Å². The molecule has 0 amide bonds. The SMILES string of the molecule is CC(=O)O[C@H]1CC[C@@]2(C)C(=CC[C@@H]3C2CC[C@]2(C)Nc4c(cnn4-c4ccccc4)CC32)C1. The summed E-state index contributed by atoms with van der Waals surface area (Å²) in [6.45, 7) is 6.47. The number of ether oxygens (including phenoxy) is 1. The number of carbonyl (C=O) groups is 1. The van der Waals surface area contributed by atoms with Gasteiger partial charge in [-0.3, -0.25) is 4.79 Å². The second kappa shape index (κ2) is 7.48. The average molecular weight is 446 g/mol. The maximum absolute atomic E-state index is 11.5. The zero-order chi connectivity index (χ0) is 22.8. The summed E-state index contributed by atoms with van der Waals surface area (Å²) in [5, 5.41) is 8.76. The quantitative estimate of drug-likeness (QED) is 0.476. The molecule has 0 radical (unpaired) electrons. The van der Waals surface area contributed by atoms with Crippen LogP contribution in [-0.4, -0.2) is 27.4 Å². The van der Waals surface area contributed by atoms with Crippen LogP contribution in [0, 0.1) is 23.2 Å². The molecule has 174 valence electrons. The van der Waals surface area contributed by atoms with Crippen molar-refractivity contribution in [2.24, 2.45) is 23.2 Å². The average Bonchev–Trinajstić information content (AvgIpc) is 3.19. The van der Waals surface area contributed by atoms with E-state index < -0.39 is 0 Å². The van der Waals surface area contributed by atoms with Crippen molar-refractivity contribution >= 4 is 11.8 Å². The Kier molecular flexibility index (Phi) is 4.76. The number of hydrogen-bond acceptors (Lipinski definition) is 4. The Balaban J connectivity index is 1.30. The molecule has 1 aliphatic heterocycles. The van der Waals surface area contributed by atoms with Crippen molar-refractivity contribution in [1.29, 1.82) is 0 Å². The third-order valence-corrected chi connectivity index (χ3v) is 9.47. The van der Waals surface area contributed by atoms with Gasteiger partial charge >= 0.3 is 5.97 Å². The number of nitrogens with zero attached hydrogens (tertiary/aromatic N) is 2. The molecule has 6 rings (SSSR count). The number of anilines is 1. The van der Waals surface area contributed by atoms with E-state index in [9.17, 15) is 4.79 Å². The van der Waals surface area contributed by atoms with Crippen LogP contribution in [0.5, 0.6) is 0 Å². The van der Waals surface area contributed by atoms with E-state index in [-0.39, 0.29) is 23.0 Å². The molecule has 2 saturated carbocycles. The van der Waals surface area contributed by atoms with Crippen LogP contribution in [0.4, 0.5) is 5.82 Å². The molecule has 33 heavy (non-hydrogen) atoms. The zero-order valence-electron chi connectivity index (χ0n) is 20.0. The number of fused-ring (bicyclic) bond motifs is 6. The lowest BCUT2D eigenvalue weighted by molar-refractivity contribution is -0.148. The Hall–Kier alpha value is -2.56. The van der Waals surface area contributed by atoms with Crippen molar-refractivity contribution in [2.75, 3.05) is 5.32 Å². The molecule has 1 aromatic carbocycles. The van der Waals surface area contributed by atoms with Crippen molar-refractivity contribution in [3.63, 3.8) is 0 Å². The maximum atomic E-state index is 11.5. The number of para-hydroxylation sites is 1. The smallest absolute Gasteiger partial charge is 0.302 e. The highest BCUT2D eigenvalue weighted by atomic mass is 16.5. The van der Waals surface area contributed by atoms with Crippen molar-refractivity contribution in [2.45, 2.75) is 77.4 Å². The van der Waals surface area contributed by atoms with Gasteiger partial charge in [-0.25, -0.2) is 4.68 Å². The van der Waals surface area contributed by atoms with Crippen molar-refractivity contribution in [3.8, 4) is 5.69 Å². The molecule has 0 spiro atoms.